The van der Waals surface area contributed by atoms with Crippen LogP contribution in [0.25, 0.3) is 11.3 Å². The zero-order valence-corrected chi connectivity index (χ0v) is 14.1. The van der Waals surface area contributed by atoms with Crippen LogP contribution in [0.4, 0.5) is 0 Å². The predicted molar refractivity (Wildman–Crippen MR) is 89.3 cm³/mol. The van der Waals surface area contributed by atoms with E-state index in [0.717, 1.165) is 29.8 Å². The third-order valence-electron chi connectivity index (χ3n) is 4.29. The standard InChI is InChI=1S/C16H22N4O2S/c1-2-23(21,22)18-12-14-11-16(13-7-9-17-10-8-13)20(19-14)15-5-3-4-6-15/h7-11,15,18H,2-6,12H2,1H3. The lowest BCUT2D eigenvalue weighted by Gasteiger charge is -2.14. The molecule has 0 aromatic carbocycles. The van der Waals surface area contributed by atoms with E-state index in [4.69, 9.17) is 0 Å². The summed E-state index contributed by atoms with van der Waals surface area (Å²) in [4.78, 5) is 4.06. The van der Waals surface area contributed by atoms with Crippen molar-refractivity contribution in [3.05, 3.63) is 36.3 Å². The number of sulfonamides is 1. The molecule has 2 heterocycles. The minimum Gasteiger partial charge on any atom is -0.265 e. The second-order valence-electron chi connectivity index (χ2n) is 5.86. The van der Waals surface area contributed by atoms with Crippen molar-refractivity contribution in [2.75, 3.05) is 5.75 Å². The lowest BCUT2D eigenvalue weighted by atomic mass is 10.1. The molecule has 3 rings (SSSR count). The number of nitrogens with zero attached hydrogens (tertiary/aromatic N) is 3. The van der Waals surface area contributed by atoms with E-state index in [2.05, 4.69) is 19.5 Å². The Bertz CT molecular complexity index is 750. The molecule has 23 heavy (non-hydrogen) atoms. The molecule has 1 N–H and O–H groups in total. The number of hydrogen-bond donors (Lipinski definition) is 1. The topological polar surface area (TPSA) is 76.9 Å². The fourth-order valence-corrected chi connectivity index (χ4v) is 3.55. The normalized spacial score (nSPS) is 16.0. The van der Waals surface area contributed by atoms with E-state index in [-0.39, 0.29) is 12.3 Å². The summed E-state index contributed by atoms with van der Waals surface area (Å²) in [5, 5.41) is 4.68. The molecule has 0 aliphatic heterocycles. The lowest BCUT2D eigenvalue weighted by molar-refractivity contribution is 0.467. The van der Waals surface area contributed by atoms with E-state index in [0.29, 0.717) is 6.04 Å². The third kappa shape index (κ3) is 3.79. The molecule has 1 saturated carbocycles. The molecular formula is C16H22N4O2S. The SMILES string of the molecule is CCS(=O)(=O)NCc1cc(-c2ccncc2)n(C2CCCC2)n1. The Labute approximate surface area is 137 Å². The number of rotatable bonds is 6. The van der Waals surface area contributed by atoms with Gasteiger partial charge < -0.3 is 0 Å². The molecule has 0 unspecified atom stereocenters. The molecule has 7 heteroatoms. The Morgan fingerprint density at radius 3 is 2.61 bits per heavy atom. The smallest absolute Gasteiger partial charge is 0.211 e. The van der Waals surface area contributed by atoms with Crippen LogP contribution in [-0.4, -0.2) is 28.9 Å². The van der Waals surface area contributed by atoms with Crippen molar-refractivity contribution in [1.82, 2.24) is 19.5 Å². The van der Waals surface area contributed by atoms with Gasteiger partial charge in [0, 0.05) is 18.0 Å². The highest BCUT2D eigenvalue weighted by atomic mass is 32.2. The van der Waals surface area contributed by atoms with Gasteiger partial charge in [0.2, 0.25) is 10.0 Å². The van der Waals surface area contributed by atoms with E-state index in [1.165, 1.54) is 12.8 Å². The Morgan fingerprint density at radius 2 is 1.96 bits per heavy atom. The van der Waals surface area contributed by atoms with Gasteiger partial charge in [-0.15, -0.1) is 0 Å². The number of pyridine rings is 1. The first-order valence-electron chi connectivity index (χ1n) is 8.05. The minimum absolute atomic E-state index is 0.0769. The molecule has 0 radical (unpaired) electrons. The molecule has 2 aromatic heterocycles. The fraction of sp³-hybridized carbons (Fsp3) is 0.500. The first-order chi connectivity index (χ1) is 11.1. The van der Waals surface area contributed by atoms with Gasteiger partial charge >= 0.3 is 0 Å². The summed E-state index contributed by atoms with van der Waals surface area (Å²) in [6, 6.07) is 6.30. The van der Waals surface area contributed by atoms with Crippen molar-refractivity contribution in [1.29, 1.82) is 0 Å². The van der Waals surface area contributed by atoms with E-state index in [1.807, 2.05) is 18.2 Å². The number of aromatic nitrogens is 3. The van der Waals surface area contributed by atoms with Crippen molar-refractivity contribution in [2.24, 2.45) is 0 Å². The van der Waals surface area contributed by atoms with Gasteiger partial charge in [0.25, 0.3) is 0 Å². The highest BCUT2D eigenvalue weighted by Gasteiger charge is 2.22. The molecule has 1 fully saturated rings. The molecular weight excluding hydrogens is 312 g/mol. The van der Waals surface area contributed by atoms with Crippen LogP contribution in [0.2, 0.25) is 0 Å². The van der Waals surface area contributed by atoms with Gasteiger partial charge in [0.05, 0.1) is 29.7 Å². The van der Waals surface area contributed by atoms with Crippen LogP contribution in [-0.2, 0) is 16.6 Å². The molecule has 1 aliphatic carbocycles. The van der Waals surface area contributed by atoms with E-state index in [9.17, 15) is 8.42 Å². The first-order valence-corrected chi connectivity index (χ1v) is 9.70. The summed E-state index contributed by atoms with van der Waals surface area (Å²) < 4.78 is 27.9. The molecule has 0 spiro atoms. The van der Waals surface area contributed by atoms with Gasteiger partial charge in [-0.2, -0.15) is 5.10 Å². The maximum atomic E-state index is 11.6. The highest BCUT2D eigenvalue weighted by molar-refractivity contribution is 7.89. The number of hydrogen-bond acceptors (Lipinski definition) is 4. The van der Waals surface area contributed by atoms with Crippen LogP contribution in [0.5, 0.6) is 0 Å². The minimum atomic E-state index is -3.21. The van der Waals surface area contributed by atoms with Crippen molar-refractivity contribution in [2.45, 2.75) is 45.2 Å². The molecule has 0 atom stereocenters. The number of nitrogens with one attached hydrogen (secondary N) is 1. The van der Waals surface area contributed by atoms with E-state index in [1.54, 1.807) is 19.3 Å². The molecule has 0 saturated heterocycles. The van der Waals surface area contributed by atoms with Crippen LogP contribution < -0.4 is 4.72 Å². The van der Waals surface area contributed by atoms with Crippen molar-refractivity contribution >= 4 is 10.0 Å². The molecule has 0 bridgehead atoms. The summed E-state index contributed by atoms with van der Waals surface area (Å²) >= 11 is 0. The molecule has 0 amide bonds. The summed E-state index contributed by atoms with van der Waals surface area (Å²) in [7, 11) is -3.21. The zero-order valence-electron chi connectivity index (χ0n) is 13.3. The average molecular weight is 334 g/mol. The van der Waals surface area contributed by atoms with Crippen LogP contribution in [0.3, 0.4) is 0 Å². The largest absolute Gasteiger partial charge is 0.265 e. The van der Waals surface area contributed by atoms with E-state index < -0.39 is 10.0 Å². The third-order valence-corrected chi connectivity index (χ3v) is 5.63. The van der Waals surface area contributed by atoms with Crippen LogP contribution in [0.15, 0.2) is 30.6 Å². The molecule has 2 aromatic rings. The molecule has 124 valence electrons. The quantitative estimate of drug-likeness (QED) is 0.880. The van der Waals surface area contributed by atoms with Gasteiger partial charge in [-0.05, 0) is 38.0 Å². The summed E-state index contributed by atoms with van der Waals surface area (Å²) in [6.45, 7) is 1.86. The van der Waals surface area contributed by atoms with Crippen LogP contribution >= 0.6 is 0 Å². The lowest BCUT2D eigenvalue weighted by Crippen LogP contribution is -2.25. The van der Waals surface area contributed by atoms with Crippen molar-refractivity contribution in [3.8, 4) is 11.3 Å². The highest BCUT2D eigenvalue weighted by Crippen LogP contribution is 2.33. The Morgan fingerprint density at radius 1 is 1.26 bits per heavy atom. The second-order valence-corrected chi connectivity index (χ2v) is 7.96. The Hall–Kier alpha value is -1.73. The van der Waals surface area contributed by atoms with Gasteiger partial charge in [0.15, 0.2) is 0 Å². The fourth-order valence-electron chi connectivity index (χ4n) is 2.98. The Kier molecular flexibility index (Phi) is 4.77. The maximum absolute atomic E-state index is 11.6. The van der Waals surface area contributed by atoms with Gasteiger partial charge in [-0.1, -0.05) is 12.8 Å². The van der Waals surface area contributed by atoms with E-state index >= 15 is 0 Å². The second kappa shape index (κ2) is 6.80. The van der Waals surface area contributed by atoms with Crippen molar-refractivity contribution in [3.63, 3.8) is 0 Å². The Balaban J connectivity index is 1.90. The van der Waals surface area contributed by atoms with Gasteiger partial charge in [0.1, 0.15) is 0 Å². The summed E-state index contributed by atoms with van der Waals surface area (Å²) in [6.07, 6.45) is 8.22. The van der Waals surface area contributed by atoms with Crippen LogP contribution in [0.1, 0.15) is 44.3 Å². The first kappa shape index (κ1) is 16.1. The molecule has 6 nitrogen and oxygen atoms in total. The summed E-state index contributed by atoms with van der Waals surface area (Å²) in [5.41, 5.74) is 2.84. The van der Waals surface area contributed by atoms with Crippen LogP contribution in [0, 0.1) is 0 Å². The van der Waals surface area contributed by atoms with Crippen molar-refractivity contribution < 1.29 is 8.42 Å². The predicted octanol–water partition coefficient (Wildman–Crippen LogP) is 2.50. The zero-order chi connectivity index (χ0) is 16.3. The maximum Gasteiger partial charge on any atom is 0.211 e. The van der Waals surface area contributed by atoms with Gasteiger partial charge in [-0.3, -0.25) is 9.67 Å². The average Bonchev–Trinajstić information content (AvgIpc) is 3.23. The monoisotopic (exact) mass is 334 g/mol. The van der Waals surface area contributed by atoms with Gasteiger partial charge in [-0.25, -0.2) is 13.1 Å². The molecule has 1 aliphatic rings. The summed E-state index contributed by atoms with van der Waals surface area (Å²) in [5.74, 6) is 0.0769.